The molecule has 1 aliphatic rings. The third kappa shape index (κ3) is 2.64. The van der Waals surface area contributed by atoms with Crippen molar-refractivity contribution in [2.45, 2.75) is 12.8 Å². The summed E-state index contributed by atoms with van der Waals surface area (Å²) in [6.07, 6.45) is 0.0590. The minimum absolute atomic E-state index is 0.0295. The van der Waals surface area contributed by atoms with Crippen LogP contribution in [-0.2, 0) is 14.4 Å². The average molecular weight is 277 g/mol. The smallest absolute Gasteiger partial charge is 0.325 e. The van der Waals surface area contributed by atoms with Gasteiger partial charge in [0.2, 0.25) is 0 Å². The minimum atomic E-state index is -0.853. The van der Waals surface area contributed by atoms with Crippen LogP contribution >= 0.6 is 0 Å². The van der Waals surface area contributed by atoms with Gasteiger partial charge >= 0.3 is 5.97 Å². The van der Waals surface area contributed by atoms with Crippen molar-refractivity contribution < 1.29 is 24.0 Å². The molecule has 0 atom stereocenters. The zero-order valence-corrected chi connectivity index (χ0v) is 10.3. The highest BCUT2D eigenvalue weighted by atomic mass is 16.7. The van der Waals surface area contributed by atoms with Crippen LogP contribution in [0.3, 0.4) is 0 Å². The van der Waals surface area contributed by atoms with Gasteiger partial charge in [-0.1, -0.05) is 0 Å². The van der Waals surface area contributed by atoms with Gasteiger partial charge in [-0.05, 0) is 24.3 Å². The molecule has 0 radical (unpaired) electrons. The third-order valence-corrected chi connectivity index (χ3v) is 2.69. The zero-order chi connectivity index (χ0) is 14.7. The van der Waals surface area contributed by atoms with E-state index in [0.29, 0.717) is 5.06 Å². The first-order valence-electron chi connectivity index (χ1n) is 5.72. The van der Waals surface area contributed by atoms with E-state index in [4.69, 9.17) is 10.7 Å². The van der Waals surface area contributed by atoms with Gasteiger partial charge in [-0.3, -0.25) is 19.8 Å². The number of nitrogen functional groups attached to an aromatic ring is 1. The lowest BCUT2D eigenvalue weighted by Crippen LogP contribution is -2.32. The Morgan fingerprint density at radius 2 is 1.55 bits per heavy atom. The first-order chi connectivity index (χ1) is 9.52. The van der Waals surface area contributed by atoms with E-state index in [1.165, 1.54) is 24.3 Å². The Hall–Kier alpha value is -2.74. The van der Waals surface area contributed by atoms with Crippen molar-refractivity contribution in [2.75, 3.05) is 0 Å². The number of carbonyl (C=O) groups is 4. The number of rotatable bonds is 3. The quantitative estimate of drug-likeness (QED) is 0.333. The Kier molecular flexibility index (Phi) is 3.76. The summed E-state index contributed by atoms with van der Waals surface area (Å²) < 4.78 is 0. The lowest BCUT2D eigenvalue weighted by molar-refractivity contribution is -0.172. The molecule has 3 N–H and O–H groups in total. The van der Waals surface area contributed by atoms with Crippen molar-refractivity contribution in [3.05, 3.63) is 35.4 Å². The van der Waals surface area contributed by atoms with E-state index in [9.17, 15) is 19.2 Å². The molecular formula is C12H11N3O5. The van der Waals surface area contributed by atoms with Gasteiger partial charge in [-0.25, -0.2) is 10.6 Å². The van der Waals surface area contributed by atoms with Gasteiger partial charge in [0.15, 0.2) is 0 Å². The summed E-state index contributed by atoms with van der Waals surface area (Å²) in [6, 6.07) is 5.40. The summed E-state index contributed by atoms with van der Waals surface area (Å²) in [7, 11) is 0. The van der Waals surface area contributed by atoms with Crippen LogP contribution in [0.5, 0.6) is 0 Å². The second kappa shape index (κ2) is 5.49. The first-order valence-corrected chi connectivity index (χ1v) is 5.72. The fourth-order valence-electron chi connectivity index (χ4n) is 1.63. The number of benzene rings is 1. The number of carbonyl (C=O) groups excluding carboxylic acids is 4. The Balaban J connectivity index is 2.08. The van der Waals surface area contributed by atoms with Crippen molar-refractivity contribution in [2.24, 2.45) is 5.84 Å². The van der Waals surface area contributed by atoms with Crippen molar-refractivity contribution in [1.29, 1.82) is 0 Å². The summed E-state index contributed by atoms with van der Waals surface area (Å²) in [5.74, 6) is 2.50. The largest absolute Gasteiger partial charge is 0.363 e. The van der Waals surface area contributed by atoms with Crippen LogP contribution < -0.4 is 11.3 Å². The molecule has 0 aliphatic carbocycles. The van der Waals surface area contributed by atoms with E-state index in [0.717, 1.165) is 0 Å². The molecule has 3 amide bonds. The van der Waals surface area contributed by atoms with E-state index < -0.39 is 23.7 Å². The van der Waals surface area contributed by atoms with Crippen molar-refractivity contribution in [1.82, 2.24) is 10.5 Å². The van der Waals surface area contributed by atoms with Crippen molar-refractivity contribution in [3.63, 3.8) is 0 Å². The molecule has 104 valence electrons. The van der Waals surface area contributed by atoms with E-state index in [1.54, 1.807) is 0 Å². The second-order valence-corrected chi connectivity index (χ2v) is 4.01. The monoisotopic (exact) mass is 277 g/mol. The summed E-state index contributed by atoms with van der Waals surface area (Å²) in [6.45, 7) is 0. The third-order valence-electron chi connectivity index (χ3n) is 2.69. The van der Waals surface area contributed by atoms with Crippen LogP contribution in [0.25, 0.3) is 0 Å². The normalized spacial score (nSPS) is 14.3. The van der Waals surface area contributed by atoms with Crippen LogP contribution in [0, 0.1) is 0 Å². The molecular weight excluding hydrogens is 266 g/mol. The molecule has 8 heteroatoms. The lowest BCUT2D eigenvalue weighted by atomic mass is 10.1. The summed E-state index contributed by atoms with van der Waals surface area (Å²) in [5.41, 5.74) is 2.31. The number of imide groups is 1. The lowest BCUT2D eigenvalue weighted by Gasteiger charge is -2.12. The number of hydrazine groups is 1. The van der Waals surface area contributed by atoms with Crippen LogP contribution in [0.1, 0.15) is 33.6 Å². The zero-order valence-electron chi connectivity index (χ0n) is 10.3. The molecule has 1 aromatic rings. The minimum Gasteiger partial charge on any atom is -0.325 e. The standard InChI is InChI=1S/C12H11N3O5/c13-14-11(18)7-1-3-8(4-2-7)12(19)20-15-9(16)5-6-10(15)17/h1-4H,5-6,13H2,(H,14,18). The van der Waals surface area contributed by atoms with Gasteiger partial charge in [0.05, 0.1) is 5.56 Å². The number of amides is 3. The van der Waals surface area contributed by atoms with Gasteiger partial charge in [-0.15, -0.1) is 5.06 Å². The summed E-state index contributed by atoms with van der Waals surface area (Å²) >= 11 is 0. The molecule has 1 aromatic carbocycles. The molecule has 0 aromatic heterocycles. The summed E-state index contributed by atoms with van der Waals surface area (Å²) in [4.78, 5) is 50.3. The molecule has 0 unspecified atom stereocenters. The highest BCUT2D eigenvalue weighted by Gasteiger charge is 2.33. The molecule has 2 rings (SSSR count). The fraction of sp³-hybridized carbons (Fsp3) is 0.167. The van der Waals surface area contributed by atoms with Crippen molar-refractivity contribution >= 4 is 23.7 Å². The molecule has 1 aliphatic heterocycles. The molecule has 20 heavy (non-hydrogen) atoms. The molecule has 0 saturated carbocycles. The second-order valence-electron chi connectivity index (χ2n) is 4.01. The van der Waals surface area contributed by atoms with E-state index in [2.05, 4.69) is 0 Å². The maximum absolute atomic E-state index is 11.7. The predicted molar refractivity (Wildman–Crippen MR) is 64.6 cm³/mol. The molecule has 1 heterocycles. The Morgan fingerprint density at radius 1 is 1.05 bits per heavy atom. The van der Waals surface area contributed by atoms with Gasteiger partial charge < -0.3 is 4.84 Å². The average Bonchev–Trinajstić information content (AvgIpc) is 2.78. The highest BCUT2D eigenvalue weighted by molar-refractivity contribution is 6.03. The number of hydroxylamine groups is 2. The number of hydrogen-bond donors (Lipinski definition) is 2. The molecule has 0 spiro atoms. The predicted octanol–water partition coefficient (Wildman–Crippen LogP) is -0.489. The molecule has 0 bridgehead atoms. The van der Waals surface area contributed by atoms with Crippen molar-refractivity contribution in [3.8, 4) is 0 Å². The van der Waals surface area contributed by atoms with Gasteiger partial charge in [0, 0.05) is 18.4 Å². The van der Waals surface area contributed by atoms with E-state index in [-0.39, 0.29) is 24.0 Å². The Bertz CT molecular complexity index is 565. The molecule has 1 fully saturated rings. The van der Waals surface area contributed by atoms with Gasteiger partial charge in [0.1, 0.15) is 0 Å². The van der Waals surface area contributed by atoms with Crippen LogP contribution in [0.15, 0.2) is 24.3 Å². The van der Waals surface area contributed by atoms with Crippen LogP contribution in [-0.4, -0.2) is 28.8 Å². The Morgan fingerprint density at radius 3 is 2.05 bits per heavy atom. The van der Waals surface area contributed by atoms with Crippen LogP contribution in [0.2, 0.25) is 0 Å². The topological polar surface area (TPSA) is 119 Å². The number of nitrogens with one attached hydrogen (secondary N) is 1. The number of nitrogens with zero attached hydrogens (tertiary/aromatic N) is 1. The fourth-order valence-corrected chi connectivity index (χ4v) is 1.63. The Labute approximate surface area is 113 Å². The van der Waals surface area contributed by atoms with Gasteiger partial charge in [-0.2, -0.15) is 0 Å². The van der Waals surface area contributed by atoms with Crippen LogP contribution in [0.4, 0.5) is 0 Å². The number of nitrogens with two attached hydrogens (primary N) is 1. The maximum atomic E-state index is 11.7. The van der Waals surface area contributed by atoms with E-state index in [1.807, 2.05) is 5.43 Å². The number of hydrogen-bond acceptors (Lipinski definition) is 6. The highest BCUT2D eigenvalue weighted by Crippen LogP contribution is 2.14. The maximum Gasteiger partial charge on any atom is 0.363 e. The molecule has 1 saturated heterocycles. The van der Waals surface area contributed by atoms with Gasteiger partial charge in [0.25, 0.3) is 17.7 Å². The summed E-state index contributed by atoms with van der Waals surface area (Å²) in [5, 5.41) is 0.461. The SMILES string of the molecule is NNC(=O)c1ccc(C(=O)ON2C(=O)CCC2=O)cc1. The van der Waals surface area contributed by atoms with E-state index >= 15 is 0 Å². The first kappa shape index (κ1) is 13.7. The molecule has 8 nitrogen and oxygen atoms in total.